The van der Waals surface area contributed by atoms with E-state index >= 15 is 0 Å². The van der Waals surface area contributed by atoms with Crippen molar-refractivity contribution in [1.82, 2.24) is 5.32 Å². The van der Waals surface area contributed by atoms with Gasteiger partial charge >= 0.3 is 0 Å². The van der Waals surface area contributed by atoms with Crippen molar-refractivity contribution in [2.45, 2.75) is 13.0 Å². The van der Waals surface area contributed by atoms with Gasteiger partial charge in [-0.3, -0.25) is 9.10 Å². The first kappa shape index (κ1) is 23.6. The molecule has 0 unspecified atom stereocenters. The van der Waals surface area contributed by atoms with Gasteiger partial charge in [-0.25, -0.2) is 8.42 Å². The Morgan fingerprint density at radius 3 is 2.34 bits per heavy atom. The molecule has 8 heteroatoms. The summed E-state index contributed by atoms with van der Waals surface area (Å²) in [5, 5.41) is 3.33. The predicted octanol–water partition coefficient (Wildman–Crippen LogP) is 4.33. The lowest BCUT2D eigenvalue weighted by atomic mass is 9.95. The largest absolute Gasteiger partial charge is 0.495 e. The monoisotopic (exact) mass is 472 g/mol. The molecule has 1 N–H and O–H groups in total. The van der Waals surface area contributed by atoms with E-state index in [4.69, 9.17) is 16.3 Å². The molecule has 3 aromatic carbocycles. The lowest BCUT2D eigenvalue weighted by Gasteiger charge is -2.26. The molecule has 168 valence electrons. The maximum atomic E-state index is 13.1. The summed E-state index contributed by atoms with van der Waals surface area (Å²) >= 11 is 6.09. The van der Waals surface area contributed by atoms with Crippen LogP contribution in [0.4, 0.5) is 5.69 Å². The van der Waals surface area contributed by atoms with Gasteiger partial charge in [-0.1, -0.05) is 66.2 Å². The maximum Gasteiger partial charge on any atom is 0.241 e. The fraction of sp³-hybridized carbons (Fsp3) is 0.208. The van der Waals surface area contributed by atoms with Crippen LogP contribution >= 0.6 is 11.6 Å². The molecular formula is C24H25ClN2O4S. The third-order valence-corrected chi connectivity index (χ3v) is 6.40. The normalized spacial score (nSPS) is 12.1. The van der Waals surface area contributed by atoms with Crippen LogP contribution in [-0.2, 0) is 14.8 Å². The average Bonchev–Trinajstić information content (AvgIpc) is 2.76. The van der Waals surface area contributed by atoms with Crippen LogP contribution in [0.5, 0.6) is 5.75 Å². The zero-order valence-electron chi connectivity index (χ0n) is 18.1. The van der Waals surface area contributed by atoms with Crippen molar-refractivity contribution >= 4 is 33.2 Å². The van der Waals surface area contributed by atoms with Gasteiger partial charge in [0.25, 0.3) is 0 Å². The highest BCUT2D eigenvalue weighted by Crippen LogP contribution is 2.33. The molecule has 0 aromatic heterocycles. The molecule has 0 aliphatic rings. The molecule has 3 rings (SSSR count). The predicted molar refractivity (Wildman–Crippen MR) is 128 cm³/mol. The number of amides is 1. The molecular weight excluding hydrogens is 448 g/mol. The number of nitrogens with one attached hydrogen (secondary N) is 1. The van der Waals surface area contributed by atoms with Gasteiger partial charge in [0.05, 0.1) is 25.1 Å². The molecule has 0 saturated carbocycles. The summed E-state index contributed by atoms with van der Waals surface area (Å²) in [5.41, 5.74) is 3.03. The molecule has 0 spiro atoms. The van der Waals surface area contributed by atoms with Gasteiger partial charge in [0.2, 0.25) is 15.9 Å². The van der Waals surface area contributed by atoms with Crippen molar-refractivity contribution in [3.05, 3.63) is 94.5 Å². The maximum absolute atomic E-state index is 13.1. The fourth-order valence-electron chi connectivity index (χ4n) is 3.47. The van der Waals surface area contributed by atoms with Gasteiger partial charge in [-0.15, -0.1) is 0 Å². The molecule has 32 heavy (non-hydrogen) atoms. The highest BCUT2D eigenvalue weighted by Gasteiger charge is 2.26. The molecule has 0 heterocycles. The number of carbonyl (C=O) groups is 1. The van der Waals surface area contributed by atoms with Gasteiger partial charge in [-0.2, -0.15) is 0 Å². The molecule has 0 fully saturated rings. The van der Waals surface area contributed by atoms with E-state index in [1.54, 1.807) is 12.1 Å². The minimum atomic E-state index is -3.80. The second kappa shape index (κ2) is 10.1. The standard InChI is InChI=1S/C24H25ClN2O4S/c1-17-9-7-8-12-20(17)24(18-10-5-4-6-11-18)26-23(28)16-27(32(3,29)30)21-15-19(25)13-14-22(21)31-2/h4-15,24H,16H2,1-3H3,(H,26,28)/t24-/m0/s1. The molecule has 0 bridgehead atoms. The van der Waals surface area contributed by atoms with E-state index in [0.717, 1.165) is 27.3 Å². The number of hydrogen-bond acceptors (Lipinski definition) is 4. The molecule has 0 aliphatic carbocycles. The Hall–Kier alpha value is -3.03. The second-order valence-corrected chi connectivity index (χ2v) is 9.70. The fourth-order valence-corrected chi connectivity index (χ4v) is 4.49. The van der Waals surface area contributed by atoms with Crippen LogP contribution in [0.2, 0.25) is 5.02 Å². The Morgan fingerprint density at radius 1 is 1.06 bits per heavy atom. The van der Waals surface area contributed by atoms with Gasteiger partial charge in [0.1, 0.15) is 12.3 Å². The lowest BCUT2D eigenvalue weighted by Crippen LogP contribution is -2.42. The van der Waals surface area contributed by atoms with Crippen LogP contribution in [-0.4, -0.2) is 34.2 Å². The smallest absolute Gasteiger partial charge is 0.241 e. The SMILES string of the molecule is COc1ccc(Cl)cc1N(CC(=O)N[C@@H](c1ccccc1)c1ccccc1C)S(C)(=O)=O. The zero-order valence-corrected chi connectivity index (χ0v) is 19.7. The summed E-state index contributed by atoms with van der Waals surface area (Å²) in [4.78, 5) is 13.1. The van der Waals surface area contributed by atoms with Crippen LogP contribution in [0.15, 0.2) is 72.8 Å². The topological polar surface area (TPSA) is 75.7 Å². The van der Waals surface area contributed by atoms with Crippen LogP contribution in [0.1, 0.15) is 22.7 Å². The van der Waals surface area contributed by atoms with E-state index in [1.165, 1.54) is 13.2 Å². The molecule has 3 aromatic rings. The van der Waals surface area contributed by atoms with Crippen LogP contribution in [0.3, 0.4) is 0 Å². The summed E-state index contributed by atoms with van der Waals surface area (Å²) < 4.78 is 31.4. The Kier molecular flexibility index (Phi) is 7.43. The van der Waals surface area contributed by atoms with E-state index in [-0.39, 0.29) is 5.69 Å². The van der Waals surface area contributed by atoms with Crippen LogP contribution in [0.25, 0.3) is 0 Å². The average molecular weight is 473 g/mol. The number of methoxy groups -OCH3 is 1. The first-order valence-corrected chi connectivity index (χ1v) is 12.1. The lowest BCUT2D eigenvalue weighted by molar-refractivity contribution is -0.120. The summed E-state index contributed by atoms with van der Waals surface area (Å²) in [5.74, 6) is -0.166. The molecule has 0 radical (unpaired) electrons. The third-order valence-electron chi connectivity index (χ3n) is 5.03. The summed E-state index contributed by atoms with van der Waals surface area (Å²) in [6.45, 7) is 1.54. The van der Waals surface area contributed by atoms with E-state index in [9.17, 15) is 13.2 Å². The number of hydrogen-bond donors (Lipinski definition) is 1. The first-order valence-electron chi connectivity index (χ1n) is 9.92. The molecule has 6 nitrogen and oxygen atoms in total. The van der Waals surface area contributed by atoms with Crippen molar-refractivity contribution in [2.75, 3.05) is 24.2 Å². The number of aryl methyl sites for hydroxylation is 1. The highest BCUT2D eigenvalue weighted by molar-refractivity contribution is 7.92. The number of sulfonamides is 1. The number of rotatable bonds is 8. The van der Waals surface area contributed by atoms with Crippen molar-refractivity contribution in [3.63, 3.8) is 0 Å². The Morgan fingerprint density at radius 2 is 1.72 bits per heavy atom. The second-order valence-electron chi connectivity index (χ2n) is 7.35. The van der Waals surface area contributed by atoms with Gasteiger partial charge < -0.3 is 10.1 Å². The third kappa shape index (κ3) is 5.60. The Bertz CT molecular complexity index is 1200. The first-order chi connectivity index (χ1) is 15.2. The van der Waals surface area contributed by atoms with Gasteiger partial charge in [0.15, 0.2) is 0 Å². The van der Waals surface area contributed by atoms with Crippen molar-refractivity contribution in [1.29, 1.82) is 0 Å². The molecule has 1 amide bonds. The van der Waals surface area contributed by atoms with Crippen LogP contribution < -0.4 is 14.4 Å². The highest BCUT2D eigenvalue weighted by atomic mass is 35.5. The Labute approximate surface area is 193 Å². The van der Waals surface area contributed by atoms with E-state index < -0.39 is 28.5 Å². The number of ether oxygens (including phenoxy) is 1. The van der Waals surface area contributed by atoms with Crippen molar-refractivity contribution < 1.29 is 17.9 Å². The summed E-state index contributed by atoms with van der Waals surface area (Å²) in [7, 11) is -2.37. The Balaban J connectivity index is 1.95. The van der Waals surface area contributed by atoms with Crippen LogP contribution in [0, 0.1) is 6.92 Å². The zero-order chi connectivity index (χ0) is 23.3. The molecule has 1 atom stereocenters. The van der Waals surface area contributed by atoms with Crippen molar-refractivity contribution in [3.8, 4) is 5.75 Å². The quantitative estimate of drug-likeness (QED) is 0.529. The molecule has 0 saturated heterocycles. The number of nitrogens with zero attached hydrogens (tertiary/aromatic N) is 1. The van der Waals surface area contributed by atoms with Crippen molar-refractivity contribution in [2.24, 2.45) is 0 Å². The van der Waals surface area contributed by atoms with Gasteiger partial charge in [-0.05, 0) is 41.8 Å². The van der Waals surface area contributed by atoms with E-state index in [2.05, 4.69) is 5.32 Å². The number of halogens is 1. The minimum absolute atomic E-state index is 0.199. The molecule has 0 aliphatic heterocycles. The summed E-state index contributed by atoms with van der Waals surface area (Å²) in [6.07, 6.45) is 1.04. The summed E-state index contributed by atoms with van der Waals surface area (Å²) in [6, 6.07) is 21.5. The minimum Gasteiger partial charge on any atom is -0.495 e. The number of benzene rings is 3. The number of anilines is 1. The van der Waals surface area contributed by atoms with E-state index in [1.807, 2.05) is 61.5 Å². The van der Waals surface area contributed by atoms with Gasteiger partial charge in [0, 0.05) is 5.02 Å². The number of carbonyl (C=O) groups excluding carboxylic acids is 1. The van der Waals surface area contributed by atoms with E-state index in [0.29, 0.717) is 10.8 Å².